The van der Waals surface area contributed by atoms with Crippen molar-refractivity contribution in [3.8, 4) is 11.5 Å². The van der Waals surface area contributed by atoms with Crippen LogP contribution in [-0.2, 0) is 37.3 Å². The van der Waals surface area contributed by atoms with Crippen LogP contribution in [0.2, 0.25) is 0 Å². The predicted molar refractivity (Wildman–Crippen MR) is 233 cm³/mol. The van der Waals surface area contributed by atoms with E-state index in [2.05, 4.69) is 205 Å². The van der Waals surface area contributed by atoms with Crippen molar-refractivity contribution in [2.75, 3.05) is 4.90 Å². The molecule has 0 aliphatic carbocycles. The van der Waals surface area contributed by atoms with Gasteiger partial charge in [-0.3, -0.25) is 4.68 Å². The van der Waals surface area contributed by atoms with E-state index in [0.29, 0.717) is 0 Å². The van der Waals surface area contributed by atoms with Crippen LogP contribution in [0.1, 0.15) is 89.0 Å². The molecule has 3 aromatic heterocycles. The maximum absolute atomic E-state index is 5.07. The van der Waals surface area contributed by atoms with Gasteiger partial charge in [-0.1, -0.05) is 138 Å². The summed E-state index contributed by atoms with van der Waals surface area (Å²) in [6.07, 6.45) is 1.95. The van der Waals surface area contributed by atoms with Crippen LogP contribution in [0.3, 0.4) is 0 Å². The van der Waals surface area contributed by atoms with Crippen LogP contribution < -0.4 is 4.90 Å². The maximum atomic E-state index is 5.07. The third-order valence-corrected chi connectivity index (χ3v) is 11.1. The van der Waals surface area contributed by atoms with Crippen LogP contribution >= 0.6 is 0 Å². The zero-order chi connectivity index (χ0) is 39.6. The number of aryl methyl sites for hydroxylation is 2. The molecule has 0 aliphatic rings. The molecule has 5 nitrogen and oxygen atoms in total. The first-order chi connectivity index (χ1) is 26.6. The van der Waals surface area contributed by atoms with Gasteiger partial charge in [0.1, 0.15) is 5.82 Å². The molecule has 8 aromatic rings. The number of para-hydroxylation sites is 1. The third kappa shape index (κ3) is 7.39. The number of hydrogen-bond donors (Lipinski definition) is 0. The molecule has 0 amide bonds. The number of rotatable bonds is 7. The quantitative estimate of drug-likeness (QED) is 0.150. The number of hydrogen-bond acceptors (Lipinski definition) is 3. The number of pyridine rings is 1. The molecule has 0 fully saturated rings. The summed E-state index contributed by atoms with van der Waals surface area (Å²) in [5.74, 6) is 0.880. The Hall–Kier alpha value is -5.25. The number of nitrogens with zero attached hydrogens (tertiary/aromatic N) is 5. The van der Waals surface area contributed by atoms with Crippen LogP contribution in [0, 0.1) is 26.0 Å². The Morgan fingerprint density at radius 1 is 0.614 bits per heavy atom. The van der Waals surface area contributed by atoms with Crippen molar-refractivity contribution in [3.05, 3.63) is 173 Å². The fourth-order valence-electron chi connectivity index (χ4n) is 7.97. The van der Waals surface area contributed by atoms with Gasteiger partial charge in [0.25, 0.3) is 0 Å². The Labute approximate surface area is 352 Å². The minimum atomic E-state index is -0.218. The van der Waals surface area contributed by atoms with Crippen LogP contribution in [0.5, 0.6) is 0 Å². The summed E-state index contributed by atoms with van der Waals surface area (Å²) in [5.41, 5.74) is 12.4. The van der Waals surface area contributed by atoms with Gasteiger partial charge in [-0.25, -0.2) is 4.98 Å². The van der Waals surface area contributed by atoms with E-state index in [9.17, 15) is 0 Å². The smallest absolute Gasteiger partial charge is 0.358 e. The molecule has 0 bridgehead atoms. The van der Waals surface area contributed by atoms with Crippen molar-refractivity contribution >= 4 is 38.9 Å². The Balaban J connectivity index is 0.00000496. The molecule has 0 saturated heterocycles. The molecular formula is C51H51N5Pt. The first kappa shape index (κ1) is 40.0. The van der Waals surface area contributed by atoms with E-state index in [0.717, 1.165) is 51.0 Å². The number of fused-ring (bicyclic) bond motifs is 3. The zero-order valence-corrected chi connectivity index (χ0v) is 36.9. The second-order valence-corrected chi connectivity index (χ2v) is 17.7. The molecule has 6 heteroatoms. The Morgan fingerprint density at radius 2 is 1.32 bits per heavy atom. The molecule has 0 N–H and O–H groups in total. The molecule has 8 rings (SSSR count). The molecule has 0 saturated carbocycles. The summed E-state index contributed by atoms with van der Waals surface area (Å²) in [4.78, 5) is 7.34. The van der Waals surface area contributed by atoms with E-state index in [-0.39, 0.29) is 37.3 Å². The maximum Gasteiger partial charge on any atom is 2.00 e. The average Bonchev–Trinajstić information content (AvgIpc) is 3.69. The SMILES string of the molecule is Cc1cc(C)n(-c2[c-]c(N(c3[c-]c4c(c(C(C)(C)C)c3)c3cc(C(C)(C)c5ccccc5)ccc3n4-c3cc(C(C)(C)C)ccn3)c3ccccc3)ccc2)n1.[Pt+2]. The van der Waals surface area contributed by atoms with Gasteiger partial charge in [-0.05, 0) is 88.8 Å². The van der Waals surface area contributed by atoms with Crippen molar-refractivity contribution in [2.45, 2.75) is 85.5 Å². The molecule has 0 aliphatic heterocycles. The Bertz CT molecular complexity index is 2710. The van der Waals surface area contributed by atoms with Crippen molar-refractivity contribution in [1.82, 2.24) is 19.3 Å². The summed E-state index contributed by atoms with van der Waals surface area (Å²) in [6.45, 7) is 22.5. The molecule has 3 heterocycles. The van der Waals surface area contributed by atoms with Crippen LogP contribution in [-0.4, -0.2) is 19.3 Å². The minimum absolute atomic E-state index is 0. The van der Waals surface area contributed by atoms with E-state index >= 15 is 0 Å². The first-order valence-corrected chi connectivity index (χ1v) is 19.6. The molecule has 0 radical (unpaired) electrons. The second-order valence-electron chi connectivity index (χ2n) is 17.7. The topological polar surface area (TPSA) is 38.9 Å². The largest absolute Gasteiger partial charge is 2.00 e. The predicted octanol–water partition coefficient (Wildman–Crippen LogP) is 13.0. The van der Waals surface area contributed by atoms with Gasteiger partial charge in [-0.15, -0.1) is 35.9 Å². The van der Waals surface area contributed by atoms with Crippen LogP contribution in [0.4, 0.5) is 17.1 Å². The number of aromatic nitrogens is 4. The molecule has 0 unspecified atom stereocenters. The Morgan fingerprint density at radius 3 is 1.96 bits per heavy atom. The van der Waals surface area contributed by atoms with Crippen LogP contribution in [0.15, 0.2) is 128 Å². The fraction of sp³-hybridized carbons (Fsp3) is 0.255. The zero-order valence-electron chi connectivity index (χ0n) is 34.7. The van der Waals surface area contributed by atoms with Crippen molar-refractivity contribution in [3.63, 3.8) is 0 Å². The number of benzene rings is 5. The summed E-state index contributed by atoms with van der Waals surface area (Å²) >= 11 is 0. The molecule has 0 atom stereocenters. The van der Waals surface area contributed by atoms with E-state index in [1.807, 2.05) is 17.8 Å². The molecule has 5 aromatic carbocycles. The first-order valence-electron chi connectivity index (χ1n) is 19.6. The van der Waals surface area contributed by atoms with E-state index in [1.54, 1.807) is 0 Å². The average molecular weight is 929 g/mol. The van der Waals surface area contributed by atoms with Gasteiger partial charge < -0.3 is 9.47 Å². The van der Waals surface area contributed by atoms with Crippen LogP contribution in [0.25, 0.3) is 33.3 Å². The summed E-state index contributed by atoms with van der Waals surface area (Å²) < 4.78 is 4.30. The minimum Gasteiger partial charge on any atom is -0.358 e. The summed E-state index contributed by atoms with van der Waals surface area (Å²) in [5, 5.41) is 7.19. The Kier molecular flexibility index (Phi) is 10.5. The van der Waals surface area contributed by atoms with Gasteiger partial charge in [0.2, 0.25) is 0 Å². The van der Waals surface area contributed by atoms with Crippen molar-refractivity contribution < 1.29 is 21.1 Å². The normalized spacial score (nSPS) is 12.2. The molecule has 290 valence electrons. The second kappa shape index (κ2) is 14.9. The van der Waals surface area contributed by atoms with E-state index in [1.165, 1.54) is 33.0 Å². The monoisotopic (exact) mass is 928 g/mol. The van der Waals surface area contributed by atoms with E-state index < -0.39 is 0 Å². The summed E-state index contributed by atoms with van der Waals surface area (Å²) in [7, 11) is 0. The van der Waals surface area contributed by atoms with Gasteiger partial charge >= 0.3 is 21.1 Å². The molecule has 0 spiro atoms. The third-order valence-electron chi connectivity index (χ3n) is 11.1. The van der Waals surface area contributed by atoms with Gasteiger partial charge in [0.05, 0.1) is 5.69 Å². The van der Waals surface area contributed by atoms with Gasteiger partial charge in [-0.2, -0.15) is 11.2 Å². The summed E-state index contributed by atoms with van der Waals surface area (Å²) in [6, 6.07) is 51.2. The molecular weight excluding hydrogens is 878 g/mol. The van der Waals surface area contributed by atoms with Crippen molar-refractivity contribution in [2.24, 2.45) is 0 Å². The number of anilines is 3. The van der Waals surface area contributed by atoms with Gasteiger partial charge in [0, 0.05) is 28.5 Å². The van der Waals surface area contributed by atoms with E-state index in [4.69, 9.17) is 10.1 Å². The van der Waals surface area contributed by atoms with Gasteiger partial charge in [0.15, 0.2) is 0 Å². The van der Waals surface area contributed by atoms with Crippen molar-refractivity contribution in [1.29, 1.82) is 0 Å². The fourth-order valence-corrected chi connectivity index (χ4v) is 7.97. The standard InChI is InChI=1S/C51H51N5.Pt/c1-34-28-35(2)56(53-34)41-23-17-22-40(31-41)54(39-20-15-12-16-21-39)42-32-44(50(6,7)8)48-43-29-38(51(9,10)36-18-13-11-14-19-36)24-25-45(43)55(46(48)33-42)47-30-37(26-27-52-47)49(3,4)5;/h11-30,32H,1-10H3;/q-2;+2. The molecule has 57 heavy (non-hydrogen) atoms.